The maximum Gasteiger partial charge on any atom is 0.100 e. The van der Waals surface area contributed by atoms with Gasteiger partial charge in [0, 0.05) is 28.8 Å². The fraction of sp³-hybridized carbons (Fsp3) is 0.545. The molecule has 1 N–H and O–H groups in total. The number of nitrogens with zero attached hydrogens (tertiary/aromatic N) is 1. The van der Waals surface area contributed by atoms with Gasteiger partial charge in [-0.05, 0) is 6.07 Å². The molecule has 1 saturated heterocycles. The van der Waals surface area contributed by atoms with Crippen LogP contribution in [-0.4, -0.2) is 19.8 Å². The minimum Gasteiger partial charge on any atom is -0.380 e. The number of rotatable bonds is 4. The Balaban J connectivity index is 1.76. The molecule has 4 heteroatoms. The van der Waals surface area contributed by atoms with Gasteiger partial charge in [-0.15, -0.1) is 11.3 Å². The van der Waals surface area contributed by atoms with Crippen LogP contribution in [0.5, 0.6) is 0 Å². The van der Waals surface area contributed by atoms with Crippen LogP contribution in [0.3, 0.4) is 0 Å². The zero-order valence-corrected chi connectivity index (χ0v) is 9.56. The number of hydrogen-bond donors (Lipinski definition) is 1. The van der Waals surface area contributed by atoms with Crippen molar-refractivity contribution in [3.8, 4) is 6.07 Å². The Morgan fingerprint density at radius 3 is 3.00 bits per heavy atom. The van der Waals surface area contributed by atoms with E-state index in [0.29, 0.717) is 5.41 Å². The molecule has 0 unspecified atom stereocenters. The number of ether oxygens (including phenoxy) is 1. The van der Waals surface area contributed by atoms with Crippen LogP contribution in [0.4, 0.5) is 0 Å². The van der Waals surface area contributed by atoms with Gasteiger partial charge in [0.05, 0.1) is 18.8 Å². The minimum absolute atomic E-state index is 0.315. The first-order valence-electron chi connectivity index (χ1n) is 4.98. The maximum absolute atomic E-state index is 8.67. The number of nitrogens with one attached hydrogen (secondary N) is 1. The molecule has 0 spiro atoms. The predicted molar refractivity (Wildman–Crippen MR) is 59.7 cm³/mol. The molecule has 1 aromatic rings. The third kappa shape index (κ3) is 2.57. The number of nitriles is 1. The lowest BCUT2D eigenvalue weighted by Gasteiger charge is -2.38. The molecule has 1 aromatic heterocycles. The van der Waals surface area contributed by atoms with E-state index in [4.69, 9.17) is 10.00 Å². The molecule has 1 aliphatic rings. The third-order valence-corrected chi connectivity index (χ3v) is 3.47. The highest BCUT2D eigenvalue weighted by molar-refractivity contribution is 7.10. The third-order valence-electron chi connectivity index (χ3n) is 2.53. The first-order chi connectivity index (χ1) is 7.22. The predicted octanol–water partition coefficient (Wildman–Crippen LogP) is 1.75. The van der Waals surface area contributed by atoms with Gasteiger partial charge < -0.3 is 10.1 Å². The first-order valence-corrected chi connectivity index (χ1v) is 5.86. The largest absolute Gasteiger partial charge is 0.380 e. The summed E-state index contributed by atoms with van der Waals surface area (Å²) >= 11 is 1.63. The fourth-order valence-corrected chi connectivity index (χ4v) is 2.35. The Hall–Kier alpha value is -0.890. The molecule has 2 rings (SSSR count). The second kappa shape index (κ2) is 4.31. The van der Waals surface area contributed by atoms with E-state index >= 15 is 0 Å². The van der Waals surface area contributed by atoms with Gasteiger partial charge >= 0.3 is 0 Å². The molecule has 3 nitrogen and oxygen atoms in total. The highest BCUT2D eigenvalue weighted by Crippen LogP contribution is 2.25. The molecule has 0 aromatic carbocycles. The van der Waals surface area contributed by atoms with Gasteiger partial charge in [0.2, 0.25) is 0 Å². The van der Waals surface area contributed by atoms with Crippen LogP contribution < -0.4 is 5.32 Å². The summed E-state index contributed by atoms with van der Waals surface area (Å²) in [6.45, 7) is 5.76. The molecule has 0 radical (unpaired) electrons. The zero-order valence-electron chi connectivity index (χ0n) is 8.75. The van der Waals surface area contributed by atoms with E-state index in [2.05, 4.69) is 18.3 Å². The summed E-state index contributed by atoms with van der Waals surface area (Å²) in [5.74, 6) is 0. The van der Waals surface area contributed by atoms with Gasteiger partial charge in [-0.25, -0.2) is 0 Å². The summed E-state index contributed by atoms with van der Waals surface area (Å²) in [6, 6.07) is 4.08. The zero-order chi connectivity index (χ0) is 10.7. The van der Waals surface area contributed by atoms with Crippen molar-refractivity contribution in [3.05, 3.63) is 21.9 Å². The van der Waals surface area contributed by atoms with Gasteiger partial charge in [-0.1, -0.05) is 6.92 Å². The first kappa shape index (κ1) is 10.6. The lowest BCUT2D eigenvalue weighted by Crippen LogP contribution is -2.47. The molecule has 80 valence electrons. The Morgan fingerprint density at radius 2 is 2.47 bits per heavy atom. The summed E-state index contributed by atoms with van der Waals surface area (Å²) in [4.78, 5) is 1.22. The molecule has 0 bridgehead atoms. The van der Waals surface area contributed by atoms with Crippen LogP contribution in [-0.2, 0) is 11.3 Å². The highest BCUT2D eigenvalue weighted by Gasteiger charge is 2.32. The van der Waals surface area contributed by atoms with Crippen molar-refractivity contribution in [2.75, 3.05) is 19.8 Å². The molecule has 1 aliphatic heterocycles. The number of thiophene rings is 1. The summed E-state index contributed by atoms with van der Waals surface area (Å²) in [5, 5.41) is 14.0. The van der Waals surface area contributed by atoms with Crippen LogP contribution in [0, 0.1) is 16.7 Å². The summed E-state index contributed by atoms with van der Waals surface area (Å²) < 4.78 is 5.18. The fourth-order valence-electron chi connectivity index (χ4n) is 1.57. The Labute approximate surface area is 93.7 Å². The van der Waals surface area contributed by atoms with Crippen molar-refractivity contribution in [1.82, 2.24) is 5.32 Å². The molecular formula is C11H14N2OS. The van der Waals surface area contributed by atoms with E-state index < -0.39 is 0 Å². The van der Waals surface area contributed by atoms with Crippen molar-refractivity contribution < 1.29 is 4.74 Å². The highest BCUT2D eigenvalue weighted by atomic mass is 32.1. The standard InChI is InChI=1S/C11H14N2OS/c1-11(7-14-8-11)6-13-4-10-2-9(3-12)5-15-10/h2,5,13H,4,6-8H2,1H3. The smallest absolute Gasteiger partial charge is 0.100 e. The summed E-state index contributed by atoms with van der Waals surface area (Å²) in [6.07, 6.45) is 0. The lowest BCUT2D eigenvalue weighted by molar-refractivity contribution is -0.0991. The average molecular weight is 222 g/mol. The SMILES string of the molecule is CC1(CNCc2cc(C#N)cs2)COC1. The van der Waals surface area contributed by atoms with Gasteiger partial charge in [0.15, 0.2) is 0 Å². The molecule has 1 fully saturated rings. The van der Waals surface area contributed by atoms with E-state index in [9.17, 15) is 0 Å². The molecule has 0 saturated carbocycles. The summed E-state index contributed by atoms with van der Waals surface area (Å²) in [5.41, 5.74) is 1.07. The number of hydrogen-bond acceptors (Lipinski definition) is 4. The van der Waals surface area contributed by atoms with Gasteiger partial charge in [0.1, 0.15) is 6.07 Å². The van der Waals surface area contributed by atoms with Gasteiger partial charge in [-0.2, -0.15) is 5.26 Å². The van der Waals surface area contributed by atoms with E-state index in [1.54, 1.807) is 11.3 Å². The van der Waals surface area contributed by atoms with E-state index in [1.807, 2.05) is 11.4 Å². The van der Waals surface area contributed by atoms with Gasteiger partial charge in [-0.3, -0.25) is 0 Å². The van der Waals surface area contributed by atoms with Crippen molar-refractivity contribution in [2.45, 2.75) is 13.5 Å². The normalized spacial score (nSPS) is 18.1. The Bertz CT molecular complexity index is 376. The van der Waals surface area contributed by atoms with Gasteiger partial charge in [0.25, 0.3) is 0 Å². The second-order valence-corrected chi connectivity index (χ2v) is 5.32. The molecule has 2 heterocycles. The summed E-state index contributed by atoms with van der Waals surface area (Å²) in [7, 11) is 0. The van der Waals surface area contributed by atoms with E-state index in [-0.39, 0.29) is 0 Å². The van der Waals surface area contributed by atoms with Crippen molar-refractivity contribution >= 4 is 11.3 Å². The Morgan fingerprint density at radius 1 is 1.67 bits per heavy atom. The average Bonchev–Trinajstić information content (AvgIpc) is 2.63. The molecule has 0 aliphatic carbocycles. The molecule has 0 atom stereocenters. The molecular weight excluding hydrogens is 208 g/mol. The Kier molecular flexibility index (Phi) is 3.06. The minimum atomic E-state index is 0.315. The van der Waals surface area contributed by atoms with Crippen molar-refractivity contribution in [3.63, 3.8) is 0 Å². The van der Waals surface area contributed by atoms with E-state index in [1.165, 1.54) is 4.88 Å². The molecule has 0 amide bonds. The molecule has 15 heavy (non-hydrogen) atoms. The van der Waals surface area contributed by atoms with Crippen LogP contribution in [0.2, 0.25) is 0 Å². The topological polar surface area (TPSA) is 45.0 Å². The van der Waals surface area contributed by atoms with Crippen LogP contribution in [0.25, 0.3) is 0 Å². The van der Waals surface area contributed by atoms with Crippen LogP contribution in [0.1, 0.15) is 17.4 Å². The quantitative estimate of drug-likeness (QED) is 0.844. The monoisotopic (exact) mass is 222 g/mol. The second-order valence-electron chi connectivity index (χ2n) is 4.32. The van der Waals surface area contributed by atoms with Crippen molar-refractivity contribution in [1.29, 1.82) is 5.26 Å². The van der Waals surface area contributed by atoms with Crippen LogP contribution in [0.15, 0.2) is 11.4 Å². The van der Waals surface area contributed by atoms with E-state index in [0.717, 1.165) is 31.9 Å². The lowest BCUT2D eigenvalue weighted by atomic mass is 9.89. The van der Waals surface area contributed by atoms with Crippen LogP contribution >= 0.6 is 11.3 Å². The maximum atomic E-state index is 8.67. The van der Waals surface area contributed by atoms with Crippen molar-refractivity contribution in [2.24, 2.45) is 5.41 Å².